The Morgan fingerprint density at radius 1 is 1.25 bits per heavy atom. The van der Waals surface area contributed by atoms with Gasteiger partial charge in [-0.2, -0.15) is 15.5 Å². The number of aromatic amines is 1. The lowest BCUT2D eigenvalue weighted by Crippen LogP contribution is -2.10. The van der Waals surface area contributed by atoms with Crippen LogP contribution in [0.25, 0.3) is 22.3 Å². The minimum atomic E-state index is -0.180. The summed E-state index contributed by atoms with van der Waals surface area (Å²) >= 11 is 0. The molecular formula is C16H14N8. The van der Waals surface area contributed by atoms with Crippen LogP contribution in [-0.2, 0) is 7.05 Å². The molecule has 1 unspecified atom stereocenters. The molecule has 0 fully saturated rings. The van der Waals surface area contributed by atoms with Crippen molar-refractivity contribution >= 4 is 11.0 Å². The van der Waals surface area contributed by atoms with Crippen molar-refractivity contribution in [1.82, 2.24) is 34.5 Å². The standard InChI is InChI=1S/C16H14N8/c1-23-8-11(6-21-23)14(2-4-17)24-9-12(7-22-24)15-13-3-5-18-16(13)20-10-19-15/h3,5-10,14H,2H2,1H3,(H,18,19,20). The largest absolute Gasteiger partial charge is 0.346 e. The molecule has 0 spiro atoms. The number of hydrogen-bond donors (Lipinski definition) is 1. The van der Waals surface area contributed by atoms with E-state index in [-0.39, 0.29) is 6.04 Å². The third kappa shape index (κ3) is 2.32. The number of nitriles is 1. The SMILES string of the molecule is Cn1cc(C(CC#N)n2cc(-c3ncnc4[nH]ccc34)cn2)cn1. The van der Waals surface area contributed by atoms with E-state index in [4.69, 9.17) is 5.26 Å². The van der Waals surface area contributed by atoms with E-state index in [9.17, 15) is 0 Å². The summed E-state index contributed by atoms with van der Waals surface area (Å²) in [6, 6.07) is 3.98. The molecule has 24 heavy (non-hydrogen) atoms. The van der Waals surface area contributed by atoms with Gasteiger partial charge in [0, 0.05) is 42.2 Å². The predicted octanol–water partition coefficient (Wildman–Crippen LogP) is 2.06. The Labute approximate surface area is 137 Å². The van der Waals surface area contributed by atoms with E-state index in [1.54, 1.807) is 21.8 Å². The van der Waals surface area contributed by atoms with Crippen LogP contribution in [0.2, 0.25) is 0 Å². The molecule has 4 aromatic rings. The van der Waals surface area contributed by atoms with Gasteiger partial charge in [-0.05, 0) is 6.07 Å². The number of aromatic nitrogens is 7. The first kappa shape index (κ1) is 14.1. The van der Waals surface area contributed by atoms with Gasteiger partial charge >= 0.3 is 0 Å². The Morgan fingerprint density at radius 3 is 2.96 bits per heavy atom. The Bertz CT molecular complexity index is 1030. The van der Waals surface area contributed by atoms with Crippen LogP contribution in [0.4, 0.5) is 0 Å². The number of fused-ring (bicyclic) bond motifs is 1. The van der Waals surface area contributed by atoms with E-state index < -0.39 is 0 Å². The summed E-state index contributed by atoms with van der Waals surface area (Å²) in [4.78, 5) is 11.7. The normalized spacial score (nSPS) is 12.3. The molecule has 0 saturated carbocycles. The fraction of sp³-hybridized carbons (Fsp3) is 0.188. The van der Waals surface area contributed by atoms with Crippen molar-refractivity contribution in [3.63, 3.8) is 0 Å². The van der Waals surface area contributed by atoms with E-state index in [1.165, 1.54) is 6.33 Å². The predicted molar refractivity (Wildman–Crippen MR) is 86.7 cm³/mol. The van der Waals surface area contributed by atoms with Crippen LogP contribution in [-0.4, -0.2) is 34.5 Å². The first-order valence-corrected chi connectivity index (χ1v) is 7.44. The van der Waals surface area contributed by atoms with E-state index in [0.717, 1.165) is 27.9 Å². The van der Waals surface area contributed by atoms with Gasteiger partial charge < -0.3 is 4.98 Å². The fourth-order valence-electron chi connectivity index (χ4n) is 2.80. The van der Waals surface area contributed by atoms with Gasteiger partial charge in [0.1, 0.15) is 12.0 Å². The average Bonchev–Trinajstić information content (AvgIpc) is 3.32. The van der Waals surface area contributed by atoms with E-state index in [1.807, 2.05) is 31.7 Å². The Kier molecular flexibility index (Phi) is 3.31. The summed E-state index contributed by atoms with van der Waals surface area (Å²) in [5.74, 6) is 0. The molecule has 8 heteroatoms. The zero-order chi connectivity index (χ0) is 16.5. The molecule has 118 valence electrons. The first-order valence-electron chi connectivity index (χ1n) is 7.44. The number of aryl methyl sites for hydroxylation is 1. The van der Waals surface area contributed by atoms with Crippen LogP contribution < -0.4 is 0 Å². The lowest BCUT2D eigenvalue weighted by Gasteiger charge is -2.12. The zero-order valence-corrected chi connectivity index (χ0v) is 13.0. The van der Waals surface area contributed by atoms with Crippen molar-refractivity contribution in [2.45, 2.75) is 12.5 Å². The van der Waals surface area contributed by atoms with Crippen molar-refractivity contribution in [3.05, 3.63) is 48.9 Å². The van der Waals surface area contributed by atoms with Crippen molar-refractivity contribution in [2.24, 2.45) is 7.05 Å². The minimum Gasteiger partial charge on any atom is -0.346 e. The fourth-order valence-corrected chi connectivity index (χ4v) is 2.80. The molecule has 0 radical (unpaired) electrons. The van der Waals surface area contributed by atoms with E-state index in [2.05, 4.69) is 31.2 Å². The first-order chi connectivity index (χ1) is 11.8. The molecule has 0 aliphatic rings. The number of hydrogen-bond acceptors (Lipinski definition) is 5. The van der Waals surface area contributed by atoms with Gasteiger partial charge in [-0.25, -0.2) is 9.97 Å². The molecule has 0 aromatic carbocycles. The highest BCUT2D eigenvalue weighted by Gasteiger charge is 2.18. The van der Waals surface area contributed by atoms with Crippen LogP contribution in [0.5, 0.6) is 0 Å². The van der Waals surface area contributed by atoms with Gasteiger partial charge in [0.2, 0.25) is 0 Å². The minimum absolute atomic E-state index is 0.180. The quantitative estimate of drug-likeness (QED) is 0.620. The maximum atomic E-state index is 9.16. The van der Waals surface area contributed by atoms with Crippen molar-refractivity contribution < 1.29 is 0 Å². The van der Waals surface area contributed by atoms with Gasteiger partial charge in [-0.1, -0.05) is 0 Å². The molecule has 1 atom stereocenters. The van der Waals surface area contributed by atoms with Crippen LogP contribution in [0.15, 0.2) is 43.4 Å². The summed E-state index contributed by atoms with van der Waals surface area (Å²) in [6.45, 7) is 0. The van der Waals surface area contributed by atoms with Crippen LogP contribution in [0.3, 0.4) is 0 Å². The summed E-state index contributed by atoms with van der Waals surface area (Å²) in [7, 11) is 1.85. The lowest BCUT2D eigenvalue weighted by atomic mass is 10.1. The smallest absolute Gasteiger partial charge is 0.141 e. The van der Waals surface area contributed by atoms with Crippen molar-refractivity contribution in [2.75, 3.05) is 0 Å². The zero-order valence-electron chi connectivity index (χ0n) is 13.0. The van der Waals surface area contributed by atoms with Gasteiger partial charge in [0.25, 0.3) is 0 Å². The molecule has 0 aliphatic heterocycles. The topological polar surface area (TPSA) is 101 Å². The maximum absolute atomic E-state index is 9.16. The van der Waals surface area contributed by atoms with E-state index >= 15 is 0 Å². The van der Waals surface area contributed by atoms with Gasteiger partial charge in [0.05, 0.1) is 36.6 Å². The number of nitrogens with one attached hydrogen (secondary N) is 1. The molecule has 1 N–H and O–H groups in total. The monoisotopic (exact) mass is 318 g/mol. The summed E-state index contributed by atoms with van der Waals surface area (Å²) < 4.78 is 3.51. The number of rotatable bonds is 4. The highest BCUT2D eigenvalue weighted by Crippen LogP contribution is 2.27. The molecule has 4 heterocycles. The molecule has 8 nitrogen and oxygen atoms in total. The second kappa shape index (κ2) is 5.62. The average molecular weight is 318 g/mol. The molecule has 4 rings (SSSR count). The highest BCUT2D eigenvalue weighted by atomic mass is 15.3. The Balaban J connectivity index is 1.76. The van der Waals surface area contributed by atoms with E-state index in [0.29, 0.717) is 6.42 Å². The molecule has 0 bridgehead atoms. The maximum Gasteiger partial charge on any atom is 0.141 e. The van der Waals surface area contributed by atoms with Gasteiger partial charge in [-0.3, -0.25) is 9.36 Å². The third-order valence-electron chi connectivity index (χ3n) is 3.94. The van der Waals surface area contributed by atoms with Gasteiger partial charge in [-0.15, -0.1) is 0 Å². The number of H-pyrrole nitrogens is 1. The second-order valence-electron chi connectivity index (χ2n) is 5.50. The second-order valence-corrected chi connectivity index (χ2v) is 5.50. The highest BCUT2D eigenvalue weighted by molar-refractivity contribution is 5.89. The third-order valence-corrected chi connectivity index (χ3v) is 3.94. The summed E-state index contributed by atoms with van der Waals surface area (Å²) in [5.41, 5.74) is 3.43. The van der Waals surface area contributed by atoms with Crippen LogP contribution in [0, 0.1) is 11.3 Å². The Hall–Kier alpha value is -3.47. The van der Waals surface area contributed by atoms with Gasteiger partial charge in [0.15, 0.2) is 0 Å². The van der Waals surface area contributed by atoms with Crippen LogP contribution >= 0.6 is 0 Å². The lowest BCUT2D eigenvalue weighted by molar-refractivity contribution is 0.532. The molecule has 0 saturated heterocycles. The molecular weight excluding hydrogens is 304 g/mol. The Morgan fingerprint density at radius 2 is 2.17 bits per heavy atom. The summed E-state index contributed by atoms with van der Waals surface area (Å²) in [6.07, 6.45) is 11.0. The summed E-state index contributed by atoms with van der Waals surface area (Å²) in [5, 5.41) is 18.7. The number of nitrogens with zero attached hydrogens (tertiary/aromatic N) is 7. The molecule has 4 aromatic heterocycles. The molecule has 0 amide bonds. The molecule has 0 aliphatic carbocycles. The van der Waals surface area contributed by atoms with Crippen molar-refractivity contribution in [1.29, 1.82) is 5.26 Å². The van der Waals surface area contributed by atoms with Crippen LogP contribution in [0.1, 0.15) is 18.0 Å². The van der Waals surface area contributed by atoms with Crippen molar-refractivity contribution in [3.8, 4) is 17.3 Å².